The number of aromatic amines is 1. The number of carbonyl (C=O) groups excluding carboxylic acids is 1. The van der Waals surface area contributed by atoms with Crippen LogP contribution in [-0.4, -0.2) is 63.1 Å². The van der Waals surface area contributed by atoms with Gasteiger partial charge in [-0.2, -0.15) is 9.57 Å². The number of nitrogens with one attached hydrogen (secondary N) is 1. The van der Waals surface area contributed by atoms with E-state index in [4.69, 9.17) is 14.7 Å². The fourth-order valence-corrected chi connectivity index (χ4v) is 4.53. The molecule has 1 aromatic heterocycles. The summed E-state index contributed by atoms with van der Waals surface area (Å²) in [4.78, 5) is 17.3. The highest BCUT2D eigenvalue weighted by Gasteiger charge is 2.29. The fourth-order valence-electron chi connectivity index (χ4n) is 3.13. The first-order valence-corrected chi connectivity index (χ1v) is 11.1. The van der Waals surface area contributed by atoms with E-state index in [1.54, 1.807) is 24.3 Å². The molecule has 0 unspecified atom stereocenters. The Balaban J connectivity index is 1.84. The summed E-state index contributed by atoms with van der Waals surface area (Å²) in [7, 11) is -3.71. The van der Waals surface area contributed by atoms with Crippen molar-refractivity contribution in [3.63, 3.8) is 0 Å². The van der Waals surface area contributed by atoms with Crippen molar-refractivity contribution < 1.29 is 22.7 Å². The van der Waals surface area contributed by atoms with E-state index in [0.29, 0.717) is 31.3 Å². The van der Waals surface area contributed by atoms with E-state index < -0.39 is 15.9 Å². The number of benzene rings is 1. The largest absolute Gasteiger partial charge is 0.494 e. The number of rotatable bonds is 8. The minimum atomic E-state index is -3.71. The first-order chi connectivity index (χ1) is 14.5. The van der Waals surface area contributed by atoms with Crippen molar-refractivity contribution in [1.29, 1.82) is 5.26 Å². The number of sulfonamides is 1. The lowest BCUT2D eigenvalue weighted by Crippen LogP contribution is -2.40. The molecule has 9 nitrogen and oxygen atoms in total. The minimum absolute atomic E-state index is 0.0275. The van der Waals surface area contributed by atoms with Crippen LogP contribution in [0.15, 0.2) is 41.4 Å². The van der Waals surface area contributed by atoms with Gasteiger partial charge in [-0.3, -0.25) is 4.79 Å². The van der Waals surface area contributed by atoms with Crippen molar-refractivity contribution in [2.24, 2.45) is 0 Å². The topological polar surface area (TPSA) is 116 Å². The van der Waals surface area contributed by atoms with E-state index in [1.165, 1.54) is 21.5 Å². The van der Waals surface area contributed by atoms with Crippen LogP contribution in [0.2, 0.25) is 0 Å². The molecule has 160 valence electrons. The maximum Gasteiger partial charge on any atom is 0.274 e. The van der Waals surface area contributed by atoms with E-state index in [-0.39, 0.29) is 36.6 Å². The molecule has 1 fully saturated rings. The summed E-state index contributed by atoms with van der Waals surface area (Å²) < 4.78 is 37.6. The molecule has 30 heavy (non-hydrogen) atoms. The summed E-state index contributed by atoms with van der Waals surface area (Å²) in [6.45, 7) is 3.82. The Morgan fingerprint density at radius 2 is 2.00 bits per heavy atom. The normalized spacial score (nSPS) is 14.8. The van der Waals surface area contributed by atoms with Crippen molar-refractivity contribution in [2.75, 3.05) is 44.4 Å². The predicted molar refractivity (Wildman–Crippen MR) is 110 cm³/mol. The molecule has 2 aromatic rings. The maximum absolute atomic E-state index is 13.1. The third-order valence-corrected chi connectivity index (χ3v) is 6.52. The third kappa shape index (κ3) is 4.81. The van der Waals surface area contributed by atoms with Crippen molar-refractivity contribution >= 4 is 21.6 Å². The average molecular weight is 433 g/mol. The minimum Gasteiger partial charge on any atom is -0.494 e. The highest BCUT2D eigenvalue weighted by atomic mass is 32.2. The van der Waals surface area contributed by atoms with Gasteiger partial charge in [-0.15, -0.1) is 0 Å². The average Bonchev–Trinajstić information content (AvgIpc) is 3.27. The van der Waals surface area contributed by atoms with Gasteiger partial charge in [0.05, 0.1) is 32.3 Å². The summed E-state index contributed by atoms with van der Waals surface area (Å²) in [6, 6.07) is 10.3. The molecule has 1 aliphatic rings. The van der Waals surface area contributed by atoms with Gasteiger partial charge in [0.1, 0.15) is 16.3 Å². The molecule has 1 amide bonds. The second-order valence-corrected chi connectivity index (χ2v) is 8.50. The number of carbonyl (C=O) groups is 1. The van der Waals surface area contributed by atoms with E-state index in [0.717, 1.165) is 0 Å². The van der Waals surface area contributed by atoms with Crippen molar-refractivity contribution in [1.82, 2.24) is 9.29 Å². The van der Waals surface area contributed by atoms with Crippen LogP contribution in [0.3, 0.4) is 0 Å². The highest BCUT2D eigenvalue weighted by molar-refractivity contribution is 7.89. The van der Waals surface area contributed by atoms with Crippen LogP contribution in [-0.2, 0) is 14.8 Å². The number of nitriles is 1. The monoisotopic (exact) mass is 432 g/mol. The first kappa shape index (κ1) is 21.8. The zero-order valence-corrected chi connectivity index (χ0v) is 17.5. The number of amides is 1. The molecule has 1 N–H and O–H groups in total. The van der Waals surface area contributed by atoms with Crippen LogP contribution in [0, 0.1) is 11.3 Å². The molecule has 0 saturated carbocycles. The van der Waals surface area contributed by atoms with Gasteiger partial charge in [-0.1, -0.05) is 0 Å². The van der Waals surface area contributed by atoms with Crippen molar-refractivity contribution in [2.45, 2.75) is 18.2 Å². The molecule has 10 heteroatoms. The van der Waals surface area contributed by atoms with Crippen LogP contribution >= 0.6 is 0 Å². The quantitative estimate of drug-likeness (QED) is 0.682. The van der Waals surface area contributed by atoms with Gasteiger partial charge >= 0.3 is 0 Å². The number of ether oxygens (including phenoxy) is 2. The molecule has 2 heterocycles. The van der Waals surface area contributed by atoms with Gasteiger partial charge in [0.15, 0.2) is 0 Å². The van der Waals surface area contributed by atoms with Gasteiger partial charge in [-0.05, 0) is 37.3 Å². The van der Waals surface area contributed by atoms with Gasteiger partial charge in [0.25, 0.3) is 5.91 Å². The standard InChI is InChI=1S/C20H24N4O5S/c1-2-29-17-6-4-16(5-7-17)24(9-3-8-21)20(25)19-14-18(15-22-19)30(26,27)23-10-12-28-13-11-23/h4-7,14-15,22H,2-3,9-13H2,1H3. The van der Waals surface area contributed by atoms with Gasteiger partial charge < -0.3 is 19.4 Å². The maximum atomic E-state index is 13.1. The zero-order chi connectivity index (χ0) is 21.6. The van der Waals surface area contributed by atoms with Gasteiger partial charge in [-0.25, -0.2) is 8.42 Å². The number of morpholine rings is 1. The van der Waals surface area contributed by atoms with Gasteiger partial charge in [0, 0.05) is 31.5 Å². The van der Waals surface area contributed by atoms with Crippen LogP contribution in [0.5, 0.6) is 5.75 Å². The Morgan fingerprint density at radius 1 is 1.30 bits per heavy atom. The van der Waals surface area contributed by atoms with E-state index >= 15 is 0 Å². The van der Waals surface area contributed by atoms with Crippen molar-refractivity contribution in [3.8, 4) is 11.8 Å². The Kier molecular flexibility index (Phi) is 7.10. The molecular formula is C20H24N4O5S. The molecule has 1 aromatic carbocycles. The second-order valence-electron chi connectivity index (χ2n) is 6.56. The van der Waals surface area contributed by atoms with Crippen LogP contribution in [0.25, 0.3) is 0 Å². The molecule has 3 rings (SSSR count). The Morgan fingerprint density at radius 3 is 2.63 bits per heavy atom. The molecule has 1 aliphatic heterocycles. The van der Waals surface area contributed by atoms with Crippen LogP contribution in [0.4, 0.5) is 5.69 Å². The summed E-state index contributed by atoms with van der Waals surface area (Å²) in [5.41, 5.74) is 0.722. The lowest BCUT2D eigenvalue weighted by molar-refractivity contribution is 0.0730. The summed E-state index contributed by atoms with van der Waals surface area (Å²) in [5.74, 6) is 0.255. The number of anilines is 1. The number of aromatic nitrogens is 1. The fraction of sp³-hybridized carbons (Fsp3) is 0.400. The molecule has 0 bridgehead atoms. The molecular weight excluding hydrogens is 408 g/mol. The van der Waals surface area contributed by atoms with Crippen molar-refractivity contribution in [3.05, 3.63) is 42.2 Å². The second kappa shape index (κ2) is 9.75. The number of nitrogens with zero attached hydrogens (tertiary/aromatic N) is 3. The molecule has 1 saturated heterocycles. The third-order valence-electron chi connectivity index (χ3n) is 4.65. The van der Waals surface area contributed by atoms with E-state index in [2.05, 4.69) is 4.98 Å². The van der Waals surface area contributed by atoms with Crippen LogP contribution < -0.4 is 9.64 Å². The first-order valence-electron chi connectivity index (χ1n) is 9.65. The summed E-state index contributed by atoms with van der Waals surface area (Å²) in [5, 5.41) is 8.97. The summed E-state index contributed by atoms with van der Waals surface area (Å²) in [6.07, 6.45) is 1.46. The zero-order valence-electron chi connectivity index (χ0n) is 16.7. The van der Waals surface area contributed by atoms with E-state index in [9.17, 15) is 13.2 Å². The lowest BCUT2D eigenvalue weighted by Gasteiger charge is -2.25. The lowest BCUT2D eigenvalue weighted by atomic mass is 10.2. The SMILES string of the molecule is CCOc1ccc(N(CCC#N)C(=O)c2cc(S(=O)(=O)N3CCOCC3)c[nH]2)cc1. The molecule has 0 radical (unpaired) electrons. The highest BCUT2D eigenvalue weighted by Crippen LogP contribution is 2.23. The Labute approximate surface area is 175 Å². The number of hydrogen-bond acceptors (Lipinski definition) is 6. The Bertz CT molecular complexity index is 1000. The Hall–Kier alpha value is -2.87. The summed E-state index contributed by atoms with van der Waals surface area (Å²) >= 11 is 0. The van der Waals surface area contributed by atoms with Crippen LogP contribution in [0.1, 0.15) is 23.8 Å². The smallest absolute Gasteiger partial charge is 0.274 e. The molecule has 0 aliphatic carbocycles. The number of hydrogen-bond donors (Lipinski definition) is 1. The molecule has 0 atom stereocenters. The van der Waals surface area contributed by atoms with Gasteiger partial charge in [0.2, 0.25) is 10.0 Å². The van der Waals surface area contributed by atoms with E-state index in [1.807, 2.05) is 13.0 Å². The molecule has 0 spiro atoms. The predicted octanol–water partition coefficient (Wildman–Crippen LogP) is 1.99. The number of H-pyrrole nitrogens is 1.